The molecule has 0 radical (unpaired) electrons. The van der Waals surface area contributed by atoms with Gasteiger partial charge in [-0.15, -0.1) is 0 Å². The molecule has 26 heavy (non-hydrogen) atoms. The van der Waals surface area contributed by atoms with Crippen molar-refractivity contribution >= 4 is 17.6 Å². The minimum absolute atomic E-state index is 0.203. The number of carbonyl (C=O) groups excluding carboxylic acids is 1. The average molecular weight is 376 g/mol. The molecule has 1 fully saturated rings. The van der Waals surface area contributed by atoms with Gasteiger partial charge in [0.05, 0.1) is 10.5 Å². The summed E-state index contributed by atoms with van der Waals surface area (Å²) in [5.41, 5.74) is -2.62. The molecular weight excluding hydrogens is 357 g/mol. The van der Waals surface area contributed by atoms with Crippen molar-refractivity contribution in [1.82, 2.24) is 9.88 Å². The van der Waals surface area contributed by atoms with Gasteiger partial charge in [0.1, 0.15) is 5.60 Å². The summed E-state index contributed by atoms with van der Waals surface area (Å²) in [5.74, 6) is -0.265. The van der Waals surface area contributed by atoms with Crippen LogP contribution >= 0.6 is 0 Å². The maximum absolute atomic E-state index is 12.7. The SMILES string of the molecule is CC(C)(C)OC(=O)N1CC[C@@H](Nc2ncc(C(F)(F)F)cc2[N+](=O)[O-])C1. The van der Waals surface area contributed by atoms with Gasteiger partial charge in [0.15, 0.2) is 0 Å². The van der Waals surface area contributed by atoms with Crippen molar-refractivity contribution in [2.24, 2.45) is 0 Å². The van der Waals surface area contributed by atoms with E-state index in [-0.39, 0.29) is 18.4 Å². The molecule has 1 aromatic heterocycles. The quantitative estimate of drug-likeness (QED) is 0.641. The highest BCUT2D eigenvalue weighted by atomic mass is 19.4. The minimum atomic E-state index is -4.73. The van der Waals surface area contributed by atoms with Gasteiger partial charge in [0, 0.05) is 31.4 Å². The van der Waals surface area contributed by atoms with Gasteiger partial charge in [-0.3, -0.25) is 10.1 Å². The molecule has 0 aromatic carbocycles. The average Bonchev–Trinajstić information content (AvgIpc) is 2.93. The Hall–Kier alpha value is -2.59. The van der Waals surface area contributed by atoms with Crippen LogP contribution in [0.1, 0.15) is 32.8 Å². The van der Waals surface area contributed by atoms with Gasteiger partial charge >= 0.3 is 18.0 Å². The molecule has 0 saturated carbocycles. The van der Waals surface area contributed by atoms with Crippen molar-refractivity contribution in [2.75, 3.05) is 18.4 Å². The number of anilines is 1. The molecule has 8 nitrogen and oxygen atoms in total. The molecule has 1 aliphatic rings. The Bertz CT molecular complexity index is 703. The molecule has 0 unspecified atom stereocenters. The lowest BCUT2D eigenvalue weighted by molar-refractivity contribution is -0.384. The van der Waals surface area contributed by atoms with Crippen molar-refractivity contribution in [2.45, 2.75) is 45.0 Å². The number of likely N-dealkylation sites (tertiary alicyclic amines) is 1. The topological polar surface area (TPSA) is 97.6 Å². The number of amides is 1. The Morgan fingerprint density at radius 2 is 2.08 bits per heavy atom. The Morgan fingerprint density at radius 3 is 2.62 bits per heavy atom. The lowest BCUT2D eigenvalue weighted by Gasteiger charge is -2.24. The summed E-state index contributed by atoms with van der Waals surface area (Å²) in [6.07, 6.45) is -4.25. The lowest BCUT2D eigenvalue weighted by Crippen LogP contribution is -2.36. The monoisotopic (exact) mass is 376 g/mol. The molecule has 0 bridgehead atoms. The highest BCUT2D eigenvalue weighted by molar-refractivity contribution is 5.69. The molecule has 1 amide bonds. The van der Waals surface area contributed by atoms with E-state index in [0.717, 1.165) is 0 Å². The normalized spacial score (nSPS) is 17.9. The number of alkyl halides is 3. The molecule has 2 heterocycles. The predicted molar refractivity (Wildman–Crippen MR) is 85.7 cm³/mol. The second-order valence-electron chi connectivity index (χ2n) is 6.90. The van der Waals surface area contributed by atoms with Crippen LogP contribution in [0.3, 0.4) is 0 Å². The standard InChI is InChI=1S/C15H19F3N4O4/c1-14(2,3)26-13(23)21-5-4-10(8-21)20-12-11(22(24)25)6-9(7-19-12)15(16,17)18/h6-7,10H,4-5,8H2,1-3H3,(H,19,20)/t10-/m1/s1. The van der Waals surface area contributed by atoms with Crippen molar-refractivity contribution in [3.05, 3.63) is 27.9 Å². The molecule has 2 rings (SSSR count). The zero-order chi connectivity index (χ0) is 19.7. The Morgan fingerprint density at radius 1 is 1.42 bits per heavy atom. The van der Waals surface area contributed by atoms with E-state index in [9.17, 15) is 28.1 Å². The third-order valence-corrected chi connectivity index (χ3v) is 3.57. The molecule has 1 saturated heterocycles. The zero-order valence-electron chi connectivity index (χ0n) is 14.5. The largest absolute Gasteiger partial charge is 0.444 e. The van der Waals surface area contributed by atoms with Crippen LogP contribution in [0.4, 0.5) is 29.5 Å². The second-order valence-corrected chi connectivity index (χ2v) is 6.90. The Balaban J connectivity index is 2.10. The molecule has 1 aromatic rings. The first-order valence-corrected chi connectivity index (χ1v) is 7.83. The van der Waals surface area contributed by atoms with Crippen molar-refractivity contribution in [3.8, 4) is 0 Å². The number of rotatable bonds is 3. The zero-order valence-corrected chi connectivity index (χ0v) is 14.5. The van der Waals surface area contributed by atoms with Crippen LogP contribution in [0.2, 0.25) is 0 Å². The highest BCUT2D eigenvalue weighted by Crippen LogP contribution is 2.34. The van der Waals surface area contributed by atoms with E-state index < -0.39 is 34.0 Å². The number of aromatic nitrogens is 1. The number of halogens is 3. The van der Waals surface area contributed by atoms with Gasteiger partial charge < -0.3 is 15.0 Å². The highest BCUT2D eigenvalue weighted by Gasteiger charge is 2.35. The molecule has 0 aliphatic carbocycles. The van der Waals surface area contributed by atoms with Gasteiger partial charge in [-0.2, -0.15) is 13.2 Å². The molecule has 1 aliphatic heterocycles. The van der Waals surface area contributed by atoms with Crippen LogP contribution in [-0.4, -0.2) is 45.6 Å². The van der Waals surface area contributed by atoms with E-state index in [1.165, 1.54) is 4.90 Å². The number of nitrogens with one attached hydrogen (secondary N) is 1. The molecule has 1 atom stereocenters. The van der Waals surface area contributed by atoms with Crippen LogP contribution in [0.5, 0.6) is 0 Å². The van der Waals surface area contributed by atoms with Crippen molar-refractivity contribution in [1.29, 1.82) is 0 Å². The van der Waals surface area contributed by atoms with Crippen LogP contribution in [0, 0.1) is 10.1 Å². The van der Waals surface area contributed by atoms with Gasteiger partial charge in [0.25, 0.3) is 0 Å². The summed E-state index contributed by atoms with van der Waals surface area (Å²) in [4.78, 5) is 27.1. The second kappa shape index (κ2) is 6.96. The fourth-order valence-corrected chi connectivity index (χ4v) is 2.42. The van der Waals surface area contributed by atoms with E-state index in [2.05, 4.69) is 10.3 Å². The summed E-state index contributed by atoms with van der Waals surface area (Å²) in [6, 6.07) is 0.0566. The van der Waals surface area contributed by atoms with Crippen molar-refractivity contribution in [3.63, 3.8) is 0 Å². The maximum atomic E-state index is 12.7. The summed E-state index contributed by atoms with van der Waals surface area (Å²) < 4.78 is 43.4. The van der Waals surface area contributed by atoms with E-state index >= 15 is 0 Å². The third-order valence-electron chi connectivity index (χ3n) is 3.57. The fraction of sp³-hybridized carbons (Fsp3) is 0.600. The Kier molecular flexibility index (Phi) is 5.28. The Labute approximate surface area is 147 Å². The number of ether oxygens (including phenoxy) is 1. The van der Waals surface area contributed by atoms with Gasteiger partial charge in [-0.1, -0.05) is 0 Å². The number of hydrogen-bond acceptors (Lipinski definition) is 6. The van der Waals surface area contributed by atoms with Gasteiger partial charge in [0.2, 0.25) is 5.82 Å². The van der Waals surface area contributed by atoms with Gasteiger partial charge in [-0.05, 0) is 27.2 Å². The van der Waals surface area contributed by atoms with Crippen LogP contribution in [0.25, 0.3) is 0 Å². The fourth-order valence-electron chi connectivity index (χ4n) is 2.42. The van der Waals surface area contributed by atoms with Crippen LogP contribution in [-0.2, 0) is 10.9 Å². The molecule has 11 heteroatoms. The minimum Gasteiger partial charge on any atom is -0.444 e. The summed E-state index contributed by atoms with van der Waals surface area (Å²) in [5, 5.41) is 13.8. The summed E-state index contributed by atoms with van der Waals surface area (Å²) in [7, 11) is 0. The molecule has 1 N–H and O–H groups in total. The van der Waals surface area contributed by atoms with Crippen LogP contribution in [0.15, 0.2) is 12.3 Å². The number of nitro groups is 1. The van der Waals surface area contributed by atoms with Crippen molar-refractivity contribution < 1.29 is 27.6 Å². The van der Waals surface area contributed by atoms with E-state index in [1.54, 1.807) is 20.8 Å². The summed E-state index contributed by atoms with van der Waals surface area (Å²) in [6.45, 7) is 5.75. The van der Waals surface area contributed by atoms with Crippen LogP contribution < -0.4 is 5.32 Å². The summed E-state index contributed by atoms with van der Waals surface area (Å²) >= 11 is 0. The lowest BCUT2D eigenvalue weighted by atomic mass is 10.2. The first-order valence-electron chi connectivity index (χ1n) is 7.83. The third kappa shape index (κ3) is 4.96. The first-order chi connectivity index (χ1) is 11.9. The predicted octanol–water partition coefficient (Wildman–Crippen LogP) is 3.43. The molecule has 144 valence electrons. The number of hydrogen-bond donors (Lipinski definition) is 1. The molecular formula is C15H19F3N4O4. The smallest absolute Gasteiger partial charge is 0.418 e. The maximum Gasteiger partial charge on any atom is 0.418 e. The van der Waals surface area contributed by atoms with E-state index in [1.807, 2.05) is 0 Å². The number of carbonyl (C=O) groups is 1. The van der Waals surface area contributed by atoms with E-state index in [4.69, 9.17) is 4.74 Å². The number of nitrogens with zero attached hydrogens (tertiary/aromatic N) is 3. The number of pyridine rings is 1. The van der Waals surface area contributed by atoms with Gasteiger partial charge in [-0.25, -0.2) is 9.78 Å². The first kappa shape index (κ1) is 19.7. The van der Waals surface area contributed by atoms with E-state index in [0.29, 0.717) is 25.2 Å². The molecule has 0 spiro atoms.